The molecule has 2 rings (SSSR count). The number of morpholine rings is 1. The summed E-state index contributed by atoms with van der Waals surface area (Å²) in [5, 5.41) is 6.37. The number of rotatable bonds is 7. The molecule has 1 heterocycles. The highest BCUT2D eigenvalue weighted by Gasteiger charge is 2.20. The second kappa shape index (κ2) is 9.01. The minimum Gasteiger partial charge on any atom is -0.379 e. The summed E-state index contributed by atoms with van der Waals surface area (Å²) < 4.78 is 5.43. The number of aryl methyl sites for hydroxylation is 1. The van der Waals surface area contributed by atoms with E-state index in [2.05, 4.69) is 46.7 Å². The normalized spacial score (nSPS) is 17.2. The third-order valence-corrected chi connectivity index (χ3v) is 4.07. The Morgan fingerprint density at radius 1 is 1.26 bits per heavy atom. The number of hydrogen-bond acceptors (Lipinski definition) is 4. The maximum Gasteiger partial charge on any atom is 0.234 e. The van der Waals surface area contributed by atoms with Gasteiger partial charge in [0.05, 0.1) is 19.8 Å². The highest BCUT2D eigenvalue weighted by Crippen LogP contribution is 2.19. The molecule has 1 aliphatic rings. The van der Waals surface area contributed by atoms with Crippen LogP contribution in [0.2, 0.25) is 0 Å². The summed E-state index contributed by atoms with van der Waals surface area (Å²) in [5.41, 5.74) is 2.51. The fourth-order valence-corrected chi connectivity index (χ4v) is 2.88. The van der Waals surface area contributed by atoms with E-state index in [0.717, 1.165) is 32.8 Å². The number of amides is 1. The van der Waals surface area contributed by atoms with Crippen molar-refractivity contribution in [3.63, 3.8) is 0 Å². The van der Waals surface area contributed by atoms with Gasteiger partial charge in [-0.05, 0) is 31.9 Å². The van der Waals surface area contributed by atoms with E-state index in [9.17, 15) is 4.79 Å². The van der Waals surface area contributed by atoms with E-state index in [1.807, 2.05) is 13.8 Å². The molecule has 5 nitrogen and oxygen atoms in total. The van der Waals surface area contributed by atoms with Crippen molar-refractivity contribution >= 4 is 5.91 Å². The van der Waals surface area contributed by atoms with Gasteiger partial charge in [-0.2, -0.15) is 0 Å². The van der Waals surface area contributed by atoms with Crippen LogP contribution in [-0.2, 0) is 9.53 Å². The van der Waals surface area contributed by atoms with E-state index in [0.29, 0.717) is 6.54 Å². The molecule has 0 aliphatic carbocycles. The van der Waals surface area contributed by atoms with Gasteiger partial charge in [-0.3, -0.25) is 9.69 Å². The number of benzene rings is 1. The zero-order valence-electron chi connectivity index (χ0n) is 14.5. The van der Waals surface area contributed by atoms with E-state index in [4.69, 9.17) is 4.74 Å². The minimum atomic E-state index is 0.0422. The zero-order chi connectivity index (χ0) is 16.7. The van der Waals surface area contributed by atoms with Crippen molar-refractivity contribution in [2.24, 2.45) is 0 Å². The van der Waals surface area contributed by atoms with E-state index in [1.165, 1.54) is 11.1 Å². The van der Waals surface area contributed by atoms with Crippen LogP contribution < -0.4 is 10.6 Å². The second-order valence-electron chi connectivity index (χ2n) is 6.43. The molecule has 128 valence electrons. The summed E-state index contributed by atoms with van der Waals surface area (Å²) in [7, 11) is 0. The molecule has 1 aromatic rings. The molecule has 2 N–H and O–H groups in total. The Morgan fingerprint density at radius 2 is 1.96 bits per heavy atom. The Morgan fingerprint density at radius 3 is 2.61 bits per heavy atom. The van der Waals surface area contributed by atoms with Gasteiger partial charge in [0.2, 0.25) is 5.91 Å². The topological polar surface area (TPSA) is 53.6 Å². The number of carbonyl (C=O) groups is 1. The Hall–Kier alpha value is -1.43. The summed E-state index contributed by atoms with van der Waals surface area (Å²) >= 11 is 0. The average molecular weight is 319 g/mol. The Labute approximate surface area is 139 Å². The summed E-state index contributed by atoms with van der Waals surface area (Å²) in [4.78, 5) is 14.4. The van der Waals surface area contributed by atoms with Gasteiger partial charge in [-0.1, -0.05) is 24.3 Å². The standard InChI is InChI=1S/C18H29N3O2/c1-14(2)20-18(22)12-19-17(13-21-8-10-23-11-9-21)16-7-5-4-6-15(16)3/h4-7,14,17,19H,8-13H2,1-3H3,(H,20,22)/t17-/m0/s1. The van der Waals surface area contributed by atoms with Crippen molar-refractivity contribution in [1.82, 2.24) is 15.5 Å². The van der Waals surface area contributed by atoms with Gasteiger partial charge in [0, 0.05) is 31.7 Å². The van der Waals surface area contributed by atoms with E-state index in [1.54, 1.807) is 0 Å². The first-order valence-electron chi connectivity index (χ1n) is 8.44. The lowest BCUT2D eigenvalue weighted by Crippen LogP contribution is -2.45. The van der Waals surface area contributed by atoms with Crippen molar-refractivity contribution in [3.05, 3.63) is 35.4 Å². The van der Waals surface area contributed by atoms with Crippen LogP contribution in [0.3, 0.4) is 0 Å². The molecule has 1 saturated heterocycles. The monoisotopic (exact) mass is 319 g/mol. The van der Waals surface area contributed by atoms with Crippen LogP contribution in [-0.4, -0.2) is 56.2 Å². The molecule has 0 aromatic heterocycles. The van der Waals surface area contributed by atoms with Gasteiger partial charge in [-0.25, -0.2) is 0 Å². The molecule has 0 bridgehead atoms. The Bertz CT molecular complexity index is 499. The van der Waals surface area contributed by atoms with Crippen LogP contribution in [0, 0.1) is 6.92 Å². The van der Waals surface area contributed by atoms with Crippen LogP contribution in [0.4, 0.5) is 0 Å². The minimum absolute atomic E-state index is 0.0422. The van der Waals surface area contributed by atoms with Crippen molar-refractivity contribution in [3.8, 4) is 0 Å². The molecule has 0 unspecified atom stereocenters. The molecule has 0 spiro atoms. The van der Waals surface area contributed by atoms with Gasteiger partial charge in [0.15, 0.2) is 0 Å². The lowest BCUT2D eigenvalue weighted by atomic mass is 10.0. The molecule has 5 heteroatoms. The van der Waals surface area contributed by atoms with Gasteiger partial charge in [0.25, 0.3) is 0 Å². The average Bonchev–Trinajstić information content (AvgIpc) is 2.52. The quantitative estimate of drug-likeness (QED) is 0.799. The third-order valence-electron chi connectivity index (χ3n) is 4.07. The van der Waals surface area contributed by atoms with Gasteiger partial charge >= 0.3 is 0 Å². The van der Waals surface area contributed by atoms with Crippen LogP contribution in [0.25, 0.3) is 0 Å². The summed E-state index contributed by atoms with van der Waals surface area (Å²) in [6.45, 7) is 10.8. The van der Waals surface area contributed by atoms with E-state index < -0.39 is 0 Å². The van der Waals surface area contributed by atoms with Gasteiger partial charge in [0.1, 0.15) is 0 Å². The highest BCUT2D eigenvalue weighted by molar-refractivity contribution is 5.78. The fraction of sp³-hybridized carbons (Fsp3) is 0.611. The Kier molecular flexibility index (Phi) is 7.02. The molecule has 1 fully saturated rings. The molecule has 1 aromatic carbocycles. The zero-order valence-corrected chi connectivity index (χ0v) is 14.5. The number of nitrogens with zero attached hydrogens (tertiary/aromatic N) is 1. The molecule has 1 amide bonds. The van der Waals surface area contributed by atoms with Gasteiger partial charge < -0.3 is 15.4 Å². The summed E-state index contributed by atoms with van der Waals surface area (Å²) in [5.74, 6) is 0.0422. The van der Waals surface area contributed by atoms with Crippen molar-refractivity contribution < 1.29 is 9.53 Å². The van der Waals surface area contributed by atoms with E-state index >= 15 is 0 Å². The summed E-state index contributed by atoms with van der Waals surface area (Å²) in [6, 6.07) is 8.69. The lowest BCUT2D eigenvalue weighted by Gasteiger charge is -2.31. The number of hydrogen-bond donors (Lipinski definition) is 2. The molecule has 0 radical (unpaired) electrons. The Balaban J connectivity index is 2.01. The summed E-state index contributed by atoms with van der Waals surface area (Å²) in [6.07, 6.45) is 0. The van der Waals surface area contributed by atoms with Gasteiger partial charge in [-0.15, -0.1) is 0 Å². The largest absolute Gasteiger partial charge is 0.379 e. The first-order chi connectivity index (χ1) is 11.1. The van der Waals surface area contributed by atoms with Crippen LogP contribution in [0.15, 0.2) is 24.3 Å². The maximum absolute atomic E-state index is 12.0. The van der Waals surface area contributed by atoms with Crippen molar-refractivity contribution in [2.45, 2.75) is 32.9 Å². The third kappa shape index (κ3) is 5.94. The van der Waals surface area contributed by atoms with E-state index in [-0.39, 0.29) is 18.0 Å². The molecular formula is C18H29N3O2. The smallest absolute Gasteiger partial charge is 0.234 e. The highest BCUT2D eigenvalue weighted by atomic mass is 16.5. The van der Waals surface area contributed by atoms with Crippen molar-refractivity contribution in [2.75, 3.05) is 39.4 Å². The first-order valence-corrected chi connectivity index (χ1v) is 8.44. The second-order valence-corrected chi connectivity index (χ2v) is 6.43. The van der Waals surface area contributed by atoms with Crippen LogP contribution in [0.5, 0.6) is 0 Å². The first kappa shape index (κ1) is 17.9. The molecule has 1 atom stereocenters. The predicted octanol–water partition coefficient (Wildman–Crippen LogP) is 1.48. The predicted molar refractivity (Wildman–Crippen MR) is 92.5 cm³/mol. The molecule has 1 aliphatic heterocycles. The molecular weight excluding hydrogens is 290 g/mol. The number of ether oxygens (including phenoxy) is 1. The molecule has 0 saturated carbocycles. The SMILES string of the molecule is Cc1ccccc1[C@H](CN1CCOCC1)NCC(=O)NC(C)C. The lowest BCUT2D eigenvalue weighted by molar-refractivity contribution is -0.120. The van der Waals surface area contributed by atoms with Crippen LogP contribution in [0.1, 0.15) is 31.0 Å². The number of carbonyl (C=O) groups excluding carboxylic acids is 1. The fourth-order valence-electron chi connectivity index (χ4n) is 2.88. The number of nitrogens with one attached hydrogen (secondary N) is 2. The van der Waals surface area contributed by atoms with Crippen molar-refractivity contribution in [1.29, 1.82) is 0 Å². The van der Waals surface area contributed by atoms with Crippen LogP contribution >= 0.6 is 0 Å². The maximum atomic E-state index is 12.0. The molecule has 23 heavy (non-hydrogen) atoms.